The van der Waals surface area contributed by atoms with E-state index >= 15 is 0 Å². The number of carbonyl (C=O) groups is 2. The van der Waals surface area contributed by atoms with Crippen LogP contribution in [0.3, 0.4) is 0 Å². The number of aromatic nitrogens is 1. The quantitative estimate of drug-likeness (QED) is 0.460. The molecule has 2 aromatic carbocycles. The van der Waals surface area contributed by atoms with E-state index in [4.69, 9.17) is 16.3 Å². The molecule has 1 heterocycles. The maximum Gasteiger partial charge on any atom is 0.412 e. The summed E-state index contributed by atoms with van der Waals surface area (Å²) in [6.07, 6.45) is 2.05. The zero-order valence-electron chi connectivity index (χ0n) is 18.2. The van der Waals surface area contributed by atoms with E-state index in [1.165, 1.54) is 17.0 Å². The van der Waals surface area contributed by atoms with Crippen LogP contribution in [0.5, 0.6) is 0 Å². The van der Waals surface area contributed by atoms with Crippen LogP contribution < -0.4 is 10.6 Å². The van der Waals surface area contributed by atoms with Gasteiger partial charge in [0.15, 0.2) is 0 Å². The summed E-state index contributed by atoms with van der Waals surface area (Å²) in [4.78, 5) is 30.5. The van der Waals surface area contributed by atoms with Crippen molar-refractivity contribution in [2.24, 2.45) is 0 Å². The molecule has 1 aromatic heterocycles. The minimum atomic E-state index is -0.674. The van der Waals surface area contributed by atoms with Gasteiger partial charge in [0.05, 0.1) is 11.1 Å². The van der Waals surface area contributed by atoms with Gasteiger partial charge in [-0.05, 0) is 29.5 Å². The predicted molar refractivity (Wildman–Crippen MR) is 127 cm³/mol. The highest BCUT2D eigenvalue weighted by Crippen LogP contribution is 2.20. The molecular formula is C24H25ClFN4O3. The van der Waals surface area contributed by atoms with E-state index in [0.717, 1.165) is 10.8 Å². The number of hydrogen-bond donors (Lipinski definition) is 2. The molecule has 173 valence electrons. The Labute approximate surface area is 196 Å². The largest absolute Gasteiger partial charge is 0.447 e. The summed E-state index contributed by atoms with van der Waals surface area (Å²) in [7, 11) is 1.59. The molecule has 9 heteroatoms. The number of halogens is 2. The molecule has 0 spiro atoms. The highest BCUT2D eigenvalue weighted by Gasteiger charge is 2.21. The summed E-state index contributed by atoms with van der Waals surface area (Å²) < 4.78 is 18.9. The number of ether oxygens (including phenoxy) is 1. The van der Waals surface area contributed by atoms with Crippen molar-refractivity contribution in [3.63, 3.8) is 0 Å². The molecule has 0 aliphatic carbocycles. The Balaban J connectivity index is 1.54. The molecule has 3 amide bonds. The van der Waals surface area contributed by atoms with E-state index in [1.54, 1.807) is 25.4 Å². The summed E-state index contributed by atoms with van der Waals surface area (Å²) in [5.74, 6) is -0.183. The van der Waals surface area contributed by atoms with Crippen LogP contribution in [0.25, 0.3) is 10.8 Å². The van der Waals surface area contributed by atoms with E-state index in [0.29, 0.717) is 24.2 Å². The second-order valence-corrected chi connectivity index (χ2v) is 7.80. The van der Waals surface area contributed by atoms with Gasteiger partial charge in [-0.3, -0.25) is 5.32 Å². The molecule has 0 saturated carbocycles. The third-order valence-corrected chi connectivity index (χ3v) is 5.56. The molecule has 0 bridgehead atoms. The maximum atomic E-state index is 13.6. The second kappa shape index (κ2) is 11.5. The number of nitrogens with one attached hydrogen (secondary N) is 2. The van der Waals surface area contributed by atoms with Gasteiger partial charge in [0.25, 0.3) is 0 Å². The molecule has 3 rings (SSSR count). The Morgan fingerprint density at radius 3 is 2.73 bits per heavy atom. The lowest BCUT2D eigenvalue weighted by molar-refractivity contribution is 0.114. The molecular weight excluding hydrogens is 447 g/mol. The third-order valence-electron chi connectivity index (χ3n) is 5.13. The number of hydrogen-bond acceptors (Lipinski definition) is 4. The number of rotatable bonds is 8. The number of benzene rings is 2. The third kappa shape index (κ3) is 6.55. The number of nitrogens with zero attached hydrogens (tertiary/aromatic N) is 2. The highest BCUT2D eigenvalue weighted by molar-refractivity contribution is 6.31. The van der Waals surface area contributed by atoms with E-state index in [1.807, 2.05) is 24.3 Å². The van der Waals surface area contributed by atoms with E-state index in [9.17, 15) is 14.0 Å². The van der Waals surface area contributed by atoms with Crippen LogP contribution in [-0.2, 0) is 11.3 Å². The number of likely N-dealkylation sites (N-methyl/N-ethyl adjacent to an activating group) is 1. The average molecular weight is 472 g/mol. The molecule has 0 saturated heterocycles. The number of carbonyl (C=O) groups excluding carboxylic acids is 2. The van der Waals surface area contributed by atoms with Crippen molar-refractivity contribution < 1.29 is 18.7 Å². The lowest BCUT2D eigenvalue weighted by Crippen LogP contribution is -2.45. The van der Waals surface area contributed by atoms with Gasteiger partial charge in [-0.2, -0.15) is 0 Å². The summed E-state index contributed by atoms with van der Waals surface area (Å²) >= 11 is 5.93. The first-order valence-electron chi connectivity index (χ1n) is 10.4. The van der Waals surface area contributed by atoms with Crippen LogP contribution in [0.4, 0.5) is 19.8 Å². The van der Waals surface area contributed by atoms with Crippen molar-refractivity contribution in [2.75, 3.05) is 19.0 Å². The van der Waals surface area contributed by atoms with E-state index < -0.39 is 24.0 Å². The van der Waals surface area contributed by atoms with Crippen molar-refractivity contribution >= 4 is 40.3 Å². The number of fused-ring (bicyclic) bond motifs is 1. The lowest BCUT2D eigenvalue weighted by Gasteiger charge is -2.28. The number of urea groups is 1. The Bertz CT molecular complexity index is 1130. The van der Waals surface area contributed by atoms with Crippen molar-refractivity contribution in [1.82, 2.24) is 15.2 Å². The topological polar surface area (TPSA) is 83.6 Å². The average Bonchev–Trinajstić information content (AvgIpc) is 2.82. The first-order valence-corrected chi connectivity index (χ1v) is 10.8. The monoisotopic (exact) mass is 471 g/mol. The van der Waals surface area contributed by atoms with Crippen LogP contribution in [0, 0.1) is 12.7 Å². The maximum absolute atomic E-state index is 13.6. The Morgan fingerprint density at radius 2 is 1.97 bits per heavy atom. The van der Waals surface area contributed by atoms with E-state index in [2.05, 4.69) is 22.5 Å². The van der Waals surface area contributed by atoms with Gasteiger partial charge >= 0.3 is 12.1 Å². The van der Waals surface area contributed by atoms with Crippen LogP contribution in [0.15, 0.2) is 54.7 Å². The minimum Gasteiger partial charge on any atom is -0.447 e. The van der Waals surface area contributed by atoms with Gasteiger partial charge in [-0.15, -0.1) is 0 Å². The van der Waals surface area contributed by atoms with Crippen LogP contribution in [-0.4, -0.2) is 41.7 Å². The molecule has 1 atom stereocenters. The predicted octanol–water partition coefficient (Wildman–Crippen LogP) is 5.40. The van der Waals surface area contributed by atoms with Gasteiger partial charge in [-0.1, -0.05) is 61.3 Å². The fraction of sp³-hybridized carbons (Fsp3) is 0.250. The molecule has 0 fully saturated rings. The Hall–Kier alpha value is -3.39. The highest BCUT2D eigenvalue weighted by atomic mass is 35.5. The number of amides is 3. The van der Waals surface area contributed by atoms with Crippen LogP contribution >= 0.6 is 11.6 Å². The normalized spacial score (nSPS) is 11.6. The van der Waals surface area contributed by atoms with Crippen LogP contribution in [0.1, 0.15) is 18.4 Å². The van der Waals surface area contributed by atoms with Gasteiger partial charge in [0.1, 0.15) is 18.2 Å². The summed E-state index contributed by atoms with van der Waals surface area (Å²) in [5.41, 5.74) is 0.464. The molecule has 1 radical (unpaired) electrons. The van der Waals surface area contributed by atoms with Crippen LogP contribution in [0.2, 0.25) is 5.02 Å². The van der Waals surface area contributed by atoms with Gasteiger partial charge < -0.3 is 15.0 Å². The first-order chi connectivity index (χ1) is 15.9. The van der Waals surface area contributed by atoms with Gasteiger partial charge in [-0.25, -0.2) is 19.0 Å². The van der Waals surface area contributed by atoms with Crippen molar-refractivity contribution in [2.45, 2.75) is 25.4 Å². The number of anilines is 1. The van der Waals surface area contributed by atoms with E-state index in [-0.39, 0.29) is 18.2 Å². The SMILES string of the molecule is [CH2]CC[C@@H](COC(=O)Nc1cc2ccccc2cn1)N(C)C(=O)NCc1cccc(F)c1Cl. The zero-order valence-corrected chi connectivity index (χ0v) is 18.9. The number of pyridine rings is 1. The molecule has 0 aliphatic rings. The van der Waals surface area contributed by atoms with Crippen molar-refractivity contribution in [3.05, 3.63) is 78.1 Å². The summed E-state index contributed by atoms with van der Waals surface area (Å²) in [5, 5.41) is 7.16. The Kier molecular flexibility index (Phi) is 8.43. The van der Waals surface area contributed by atoms with Gasteiger partial charge in [0, 0.05) is 25.2 Å². The molecule has 7 nitrogen and oxygen atoms in total. The smallest absolute Gasteiger partial charge is 0.412 e. The molecule has 2 N–H and O–H groups in total. The van der Waals surface area contributed by atoms with Crippen molar-refractivity contribution in [1.29, 1.82) is 0 Å². The fourth-order valence-electron chi connectivity index (χ4n) is 3.24. The molecule has 0 unspecified atom stereocenters. The van der Waals surface area contributed by atoms with Crippen molar-refractivity contribution in [3.8, 4) is 0 Å². The molecule has 33 heavy (non-hydrogen) atoms. The standard InChI is InChI=1S/C24H25ClFN4O3/c1-3-7-19(30(2)23(31)28-14-18-10-6-11-20(26)22(18)25)15-33-24(32)29-21-12-16-8-4-5-9-17(16)13-27-21/h4-6,8-13,19H,1,3,7,14-15H2,2H3,(H,28,31)(H,27,29,32)/t19-/m0/s1. The molecule has 0 aliphatic heterocycles. The molecule has 3 aromatic rings. The zero-order chi connectivity index (χ0) is 23.8. The van der Waals surface area contributed by atoms with Gasteiger partial charge in [0.2, 0.25) is 0 Å². The Morgan fingerprint density at radius 1 is 1.21 bits per heavy atom. The summed E-state index contributed by atoms with van der Waals surface area (Å²) in [6, 6.07) is 13.0. The summed E-state index contributed by atoms with van der Waals surface area (Å²) in [6.45, 7) is 3.86. The second-order valence-electron chi connectivity index (χ2n) is 7.42. The fourth-order valence-corrected chi connectivity index (χ4v) is 3.43. The lowest BCUT2D eigenvalue weighted by atomic mass is 10.1. The minimum absolute atomic E-state index is 0.0282. The first kappa shape index (κ1) is 24.3.